The number of carbonyl (C=O) groups is 1. The molecule has 0 unspecified atom stereocenters. The summed E-state index contributed by atoms with van der Waals surface area (Å²) in [5.41, 5.74) is 9.23. The van der Waals surface area contributed by atoms with Gasteiger partial charge in [-0.3, -0.25) is 0 Å². The summed E-state index contributed by atoms with van der Waals surface area (Å²) in [5.74, 6) is 0. The highest BCUT2D eigenvalue weighted by Gasteiger charge is 2.09. The monoisotopic (exact) mass is 219 g/mol. The maximum atomic E-state index is 10.5. The molecule has 0 saturated heterocycles. The van der Waals surface area contributed by atoms with E-state index in [0.717, 1.165) is 22.2 Å². The van der Waals surface area contributed by atoms with Gasteiger partial charge >= 0.3 is 6.09 Å². The summed E-state index contributed by atoms with van der Waals surface area (Å²) in [6, 6.07) is 5.55. The SMILES string of the molecule is Cc1[nH]c2ccc(N)cc2c1CNC(=O)O. The Hall–Kier alpha value is -2.17. The first-order valence-electron chi connectivity index (χ1n) is 4.91. The summed E-state index contributed by atoms with van der Waals surface area (Å²) in [5, 5.41) is 11.9. The number of nitrogens with two attached hydrogens (primary N) is 1. The summed E-state index contributed by atoms with van der Waals surface area (Å²) in [6.45, 7) is 2.19. The molecule has 5 N–H and O–H groups in total. The number of aromatic amines is 1. The number of amides is 1. The van der Waals surface area contributed by atoms with E-state index in [2.05, 4.69) is 10.3 Å². The number of anilines is 1. The molecule has 1 aromatic heterocycles. The fourth-order valence-corrected chi connectivity index (χ4v) is 1.79. The molecule has 1 aromatic carbocycles. The zero-order valence-electron chi connectivity index (χ0n) is 8.87. The van der Waals surface area contributed by atoms with Crippen LogP contribution in [0.1, 0.15) is 11.3 Å². The van der Waals surface area contributed by atoms with Gasteiger partial charge in [-0.05, 0) is 30.7 Å². The van der Waals surface area contributed by atoms with E-state index in [0.29, 0.717) is 5.69 Å². The lowest BCUT2D eigenvalue weighted by Gasteiger charge is -2.01. The Morgan fingerprint density at radius 1 is 1.56 bits per heavy atom. The first-order chi connectivity index (χ1) is 7.58. The smallest absolute Gasteiger partial charge is 0.404 e. The number of hydrogen-bond acceptors (Lipinski definition) is 2. The van der Waals surface area contributed by atoms with Gasteiger partial charge < -0.3 is 21.1 Å². The third kappa shape index (κ3) is 1.79. The van der Waals surface area contributed by atoms with Crippen LogP contribution in [0.3, 0.4) is 0 Å². The number of hydrogen-bond donors (Lipinski definition) is 4. The molecular weight excluding hydrogens is 206 g/mol. The number of aromatic nitrogens is 1. The lowest BCUT2D eigenvalue weighted by molar-refractivity contribution is 0.194. The molecule has 0 aliphatic rings. The number of carboxylic acid groups (broad SMARTS) is 1. The van der Waals surface area contributed by atoms with Gasteiger partial charge in [-0.25, -0.2) is 4.79 Å². The number of fused-ring (bicyclic) bond motifs is 1. The van der Waals surface area contributed by atoms with Gasteiger partial charge in [-0.2, -0.15) is 0 Å². The van der Waals surface area contributed by atoms with Crippen LogP contribution in [0.15, 0.2) is 18.2 Å². The topological polar surface area (TPSA) is 91.1 Å². The summed E-state index contributed by atoms with van der Waals surface area (Å²) in [7, 11) is 0. The lowest BCUT2D eigenvalue weighted by Crippen LogP contribution is -2.20. The van der Waals surface area contributed by atoms with Crippen LogP contribution in [0.2, 0.25) is 0 Å². The molecule has 5 nitrogen and oxygen atoms in total. The molecule has 1 heterocycles. The third-order valence-corrected chi connectivity index (χ3v) is 2.56. The predicted molar refractivity (Wildman–Crippen MR) is 62.3 cm³/mol. The standard InChI is InChI=1S/C11H13N3O2/c1-6-9(5-13-11(15)16)8-4-7(12)2-3-10(8)14-6/h2-4,13-14H,5,12H2,1H3,(H,15,16). The Labute approximate surface area is 92.3 Å². The van der Waals surface area contributed by atoms with Crippen LogP contribution in [0.4, 0.5) is 10.5 Å². The molecule has 0 aliphatic carbocycles. The molecule has 2 rings (SSSR count). The Morgan fingerprint density at radius 2 is 2.31 bits per heavy atom. The number of nitrogens with one attached hydrogen (secondary N) is 2. The lowest BCUT2D eigenvalue weighted by atomic mass is 10.1. The highest BCUT2D eigenvalue weighted by Crippen LogP contribution is 2.24. The van der Waals surface area contributed by atoms with E-state index < -0.39 is 6.09 Å². The van der Waals surface area contributed by atoms with Gasteiger partial charge in [0.1, 0.15) is 0 Å². The van der Waals surface area contributed by atoms with Crippen LogP contribution < -0.4 is 11.1 Å². The van der Waals surface area contributed by atoms with Crippen molar-refractivity contribution in [3.05, 3.63) is 29.5 Å². The summed E-state index contributed by atoms with van der Waals surface area (Å²) in [4.78, 5) is 13.7. The molecule has 0 radical (unpaired) electrons. The molecule has 0 saturated carbocycles. The second-order valence-electron chi connectivity index (χ2n) is 3.69. The van der Waals surface area contributed by atoms with Gasteiger partial charge in [0.15, 0.2) is 0 Å². The zero-order chi connectivity index (χ0) is 11.7. The first kappa shape index (κ1) is 10.4. The van der Waals surface area contributed by atoms with Gasteiger partial charge in [0.2, 0.25) is 0 Å². The van der Waals surface area contributed by atoms with Crippen molar-refractivity contribution in [2.75, 3.05) is 5.73 Å². The van der Waals surface area contributed by atoms with Gasteiger partial charge in [0, 0.05) is 28.8 Å². The largest absolute Gasteiger partial charge is 0.465 e. The number of benzene rings is 1. The molecule has 5 heteroatoms. The van der Waals surface area contributed by atoms with Crippen molar-refractivity contribution < 1.29 is 9.90 Å². The van der Waals surface area contributed by atoms with Crippen molar-refractivity contribution in [2.45, 2.75) is 13.5 Å². The molecule has 0 bridgehead atoms. The zero-order valence-corrected chi connectivity index (χ0v) is 8.87. The highest BCUT2D eigenvalue weighted by molar-refractivity contribution is 5.87. The second-order valence-corrected chi connectivity index (χ2v) is 3.69. The van der Waals surface area contributed by atoms with Gasteiger partial charge in [-0.1, -0.05) is 0 Å². The third-order valence-electron chi connectivity index (χ3n) is 2.56. The molecule has 1 amide bonds. The van der Waals surface area contributed by atoms with E-state index in [9.17, 15) is 4.79 Å². The number of aryl methyl sites for hydroxylation is 1. The highest BCUT2D eigenvalue weighted by atomic mass is 16.4. The Kier molecular flexibility index (Phi) is 2.44. The average Bonchev–Trinajstić information content (AvgIpc) is 2.51. The van der Waals surface area contributed by atoms with Gasteiger partial charge in [-0.15, -0.1) is 0 Å². The van der Waals surface area contributed by atoms with Crippen molar-refractivity contribution in [1.82, 2.24) is 10.3 Å². The average molecular weight is 219 g/mol. The van der Waals surface area contributed by atoms with Crippen molar-refractivity contribution in [2.24, 2.45) is 0 Å². The van der Waals surface area contributed by atoms with Crippen LogP contribution in [0.25, 0.3) is 10.9 Å². The molecular formula is C11H13N3O2. The van der Waals surface area contributed by atoms with Crippen LogP contribution in [-0.2, 0) is 6.54 Å². The minimum atomic E-state index is -1.03. The van der Waals surface area contributed by atoms with E-state index >= 15 is 0 Å². The van der Waals surface area contributed by atoms with E-state index in [1.54, 1.807) is 0 Å². The van der Waals surface area contributed by atoms with E-state index in [4.69, 9.17) is 10.8 Å². The maximum Gasteiger partial charge on any atom is 0.404 e. The molecule has 16 heavy (non-hydrogen) atoms. The van der Waals surface area contributed by atoms with Crippen LogP contribution in [0.5, 0.6) is 0 Å². The summed E-state index contributed by atoms with van der Waals surface area (Å²) < 4.78 is 0. The predicted octanol–water partition coefficient (Wildman–Crippen LogP) is 1.83. The molecule has 0 atom stereocenters. The fraction of sp³-hybridized carbons (Fsp3) is 0.182. The van der Waals surface area contributed by atoms with Crippen molar-refractivity contribution >= 4 is 22.7 Å². The van der Waals surface area contributed by atoms with Crippen molar-refractivity contribution in [1.29, 1.82) is 0 Å². The van der Waals surface area contributed by atoms with Crippen LogP contribution in [0, 0.1) is 6.92 Å². The van der Waals surface area contributed by atoms with Crippen LogP contribution in [-0.4, -0.2) is 16.2 Å². The Morgan fingerprint density at radius 3 is 3.00 bits per heavy atom. The summed E-state index contributed by atoms with van der Waals surface area (Å²) in [6.07, 6.45) is -1.03. The minimum absolute atomic E-state index is 0.282. The Bertz CT molecular complexity index is 545. The van der Waals surface area contributed by atoms with Gasteiger partial charge in [0.05, 0.1) is 0 Å². The summed E-state index contributed by atoms with van der Waals surface area (Å²) >= 11 is 0. The van der Waals surface area contributed by atoms with Crippen LogP contribution >= 0.6 is 0 Å². The molecule has 0 fully saturated rings. The quantitative estimate of drug-likeness (QED) is 0.581. The second kappa shape index (κ2) is 3.77. The fourth-order valence-electron chi connectivity index (χ4n) is 1.79. The number of rotatable bonds is 2. The van der Waals surface area contributed by atoms with Crippen molar-refractivity contribution in [3.63, 3.8) is 0 Å². The van der Waals surface area contributed by atoms with E-state index in [-0.39, 0.29) is 6.54 Å². The molecule has 2 aromatic rings. The minimum Gasteiger partial charge on any atom is -0.465 e. The van der Waals surface area contributed by atoms with E-state index in [1.807, 2.05) is 25.1 Å². The maximum absolute atomic E-state index is 10.5. The Balaban J connectivity index is 2.45. The molecule has 0 spiro atoms. The molecule has 0 aliphatic heterocycles. The van der Waals surface area contributed by atoms with Crippen molar-refractivity contribution in [3.8, 4) is 0 Å². The van der Waals surface area contributed by atoms with Gasteiger partial charge in [0.25, 0.3) is 0 Å². The first-order valence-corrected chi connectivity index (χ1v) is 4.91. The molecule has 84 valence electrons. The number of H-pyrrole nitrogens is 1. The normalized spacial score (nSPS) is 10.6. The number of nitrogen functional groups attached to an aromatic ring is 1. The van der Waals surface area contributed by atoms with E-state index in [1.165, 1.54) is 0 Å².